The molecule has 6 nitrogen and oxygen atoms in total. The third kappa shape index (κ3) is 5.26. The number of aromatic nitrogens is 3. The van der Waals surface area contributed by atoms with Crippen molar-refractivity contribution < 1.29 is 9.53 Å². The third-order valence-corrected chi connectivity index (χ3v) is 6.43. The van der Waals surface area contributed by atoms with Gasteiger partial charge in [-0.25, -0.2) is 0 Å². The number of hydrogen-bond acceptors (Lipinski definition) is 5. The van der Waals surface area contributed by atoms with Crippen LogP contribution in [0.15, 0.2) is 78.0 Å². The molecule has 3 aromatic carbocycles. The smallest absolute Gasteiger partial charge is 0.234 e. The molecule has 7 heteroatoms. The average molecular weight is 459 g/mol. The number of methoxy groups -OCH3 is 1. The molecule has 0 saturated carbocycles. The summed E-state index contributed by atoms with van der Waals surface area (Å²) >= 11 is 1.37. The van der Waals surface area contributed by atoms with Crippen molar-refractivity contribution in [1.82, 2.24) is 14.8 Å². The number of thioether (sulfide) groups is 1. The van der Waals surface area contributed by atoms with Crippen molar-refractivity contribution in [3.8, 4) is 17.1 Å². The van der Waals surface area contributed by atoms with Gasteiger partial charge in [0.2, 0.25) is 5.91 Å². The quantitative estimate of drug-likeness (QED) is 0.361. The van der Waals surface area contributed by atoms with Crippen molar-refractivity contribution in [2.45, 2.75) is 25.5 Å². The molecule has 33 heavy (non-hydrogen) atoms. The highest BCUT2D eigenvalue weighted by Gasteiger charge is 2.19. The molecule has 0 fully saturated rings. The van der Waals surface area contributed by atoms with Gasteiger partial charge in [-0.15, -0.1) is 10.2 Å². The molecule has 0 aliphatic heterocycles. The maximum atomic E-state index is 12.7. The average Bonchev–Trinajstić information content (AvgIpc) is 3.23. The summed E-state index contributed by atoms with van der Waals surface area (Å²) in [6, 6.07) is 23.8. The van der Waals surface area contributed by atoms with Crippen LogP contribution in [0.1, 0.15) is 16.7 Å². The Morgan fingerprint density at radius 1 is 0.970 bits per heavy atom. The minimum absolute atomic E-state index is 0.0817. The Labute approximate surface area is 198 Å². The molecule has 4 aromatic rings. The van der Waals surface area contributed by atoms with E-state index in [4.69, 9.17) is 4.74 Å². The Bertz CT molecular complexity index is 1250. The number of carbonyl (C=O) groups excluding carboxylic acids is 1. The van der Waals surface area contributed by atoms with E-state index in [-0.39, 0.29) is 11.7 Å². The summed E-state index contributed by atoms with van der Waals surface area (Å²) in [4.78, 5) is 12.7. The van der Waals surface area contributed by atoms with Crippen LogP contribution in [0, 0.1) is 13.8 Å². The molecule has 1 N–H and O–H groups in total. The predicted molar refractivity (Wildman–Crippen MR) is 133 cm³/mol. The van der Waals surface area contributed by atoms with Crippen LogP contribution < -0.4 is 10.1 Å². The Morgan fingerprint density at radius 2 is 1.73 bits per heavy atom. The summed E-state index contributed by atoms with van der Waals surface area (Å²) in [5, 5.41) is 12.6. The topological polar surface area (TPSA) is 69.0 Å². The van der Waals surface area contributed by atoms with E-state index >= 15 is 0 Å². The molecule has 0 aliphatic carbocycles. The monoisotopic (exact) mass is 458 g/mol. The lowest BCUT2D eigenvalue weighted by Crippen LogP contribution is -2.16. The first-order valence-electron chi connectivity index (χ1n) is 10.7. The third-order valence-electron chi connectivity index (χ3n) is 5.46. The van der Waals surface area contributed by atoms with Crippen molar-refractivity contribution >= 4 is 23.4 Å². The van der Waals surface area contributed by atoms with Crippen LogP contribution in [0.25, 0.3) is 11.4 Å². The molecular formula is C26H26N4O2S. The first kappa shape index (κ1) is 22.6. The molecule has 0 unspecified atom stereocenters. The Hall–Kier alpha value is -3.58. The lowest BCUT2D eigenvalue weighted by atomic mass is 10.1. The van der Waals surface area contributed by atoms with Crippen molar-refractivity contribution in [3.63, 3.8) is 0 Å². The summed E-state index contributed by atoms with van der Waals surface area (Å²) in [5.74, 6) is 1.57. The fraction of sp³-hybridized carbons (Fsp3) is 0.192. The summed E-state index contributed by atoms with van der Waals surface area (Å²) in [7, 11) is 1.64. The fourth-order valence-electron chi connectivity index (χ4n) is 3.54. The van der Waals surface area contributed by atoms with Gasteiger partial charge in [-0.2, -0.15) is 0 Å². The van der Waals surface area contributed by atoms with Crippen molar-refractivity contribution in [1.29, 1.82) is 0 Å². The predicted octanol–water partition coefficient (Wildman–Crippen LogP) is 5.35. The molecule has 0 radical (unpaired) electrons. The second kappa shape index (κ2) is 10.4. The van der Waals surface area contributed by atoms with Crippen LogP contribution >= 0.6 is 11.8 Å². The summed E-state index contributed by atoms with van der Waals surface area (Å²) in [6.07, 6.45) is 0. The van der Waals surface area contributed by atoms with E-state index < -0.39 is 0 Å². The first-order chi connectivity index (χ1) is 16.1. The van der Waals surface area contributed by atoms with E-state index in [1.165, 1.54) is 11.8 Å². The highest BCUT2D eigenvalue weighted by molar-refractivity contribution is 7.99. The number of benzene rings is 3. The van der Waals surface area contributed by atoms with Crippen LogP contribution in [0.2, 0.25) is 0 Å². The second-order valence-corrected chi connectivity index (χ2v) is 8.61. The molecule has 4 rings (SSSR count). The van der Waals surface area contributed by atoms with Gasteiger partial charge in [-0.05, 0) is 48.7 Å². The molecule has 0 atom stereocenters. The molecule has 0 spiro atoms. The highest BCUT2D eigenvalue weighted by Crippen LogP contribution is 2.31. The normalized spacial score (nSPS) is 10.8. The summed E-state index contributed by atoms with van der Waals surface area (Å²) in [6.45, 7) is 4.63. The number of ether oxygens (including phenoxy) is 1. The number of para-hydroxylation sites is 1. The van der Waals surface area contributed by atoms with Crippen LogP contribution in [0.4, 0.5) is 5.69 Å². The van der Waals surface area contributed by atoms with E-state index in [0.29, 0.717) is 17.5 Å². The van der Waals surface area contributed by atoms with Crippen molar-refractivity contribution in [2.75, 3.05) is 18.2 Å². The lowest BCUT2D eigenvalue weighted by molar-refractivity contribution is -0.113. The van der Waals surface area contributed by atoms with Gasteiger partial charge >= 0.3 is 0 Å². The molecular weight excluding hydrogens is 432 g/mol. The Morgan fingerprint density at radius 3 is 2.52 bits per heavy atom. The largest absolute Gasteiger partial charge is 0.496 e. The number of hydrogen-bond donors (Lipinski definition) is 1. The minimum atomic E-state index is -0.0817. The van der Waals surface area contributed by atoms with E-state index in [1.54, 1.807) is 7.11 Å². The van der Waals surface area contributed by atoms with E-state index in [9.17, 15) is 4.79 Å². The number of carbonyl (C=O) groups is 1. The Kier molecular flexibility index (Phi) is 7.10. The maximum Gasteiger partial charge on any atom is 0.234 e. The molecule has 1 heterocycles. The number of nitrogens with one attached hydrogen (secondary N) is 1. The molecule has 0 saturated heterocycles. The fourth-order valence-corrected chi connectivity index (χ4v) is 4.27. The SMILES string of the molecule is COc1ccccc1-c1nnc(SCC(=O)Nc2cccc(C)c2C)n1Cc1ccccc1. The number of amides is 1. The van der Waals surface area contributed by atoms with Gasteiger partial charge in [-0.3, -0.25) is 9.36 Å². The van der Waals surface area contributed by atoms with Gasteiger partial charge in [0.05, 0.1) is 25.0 Å². The zero-order chi connectivity index (χ0) is 23.2. The molecule has 1 amide bonds. The van der Waals surface area contributed by atoms with Gasteiger partial charge < -0.3 is 10.1 Å². The van der Waals surface area contributed by atoms with Crippen molar-refractivity contribution in [2.24, 2.45) is 0 Å². The molecule has 1 aromatic heterocycles. The Balaban J connectivity index is 1.59. The van der Waals surface area contributed by atoms with E-state index in [1.807, 2.05) is 79.1 Å². The summed E-state index contributed by atoms with van der Waals surface area (Å²) in [5.41, 5.74) is 5.03. The zero-order valence-corrected chi connectivity index (χ0v) is 19.7. The summed E-state index contributed by atoms with van der Waals surface area (Å²) < 4.78 is 7.58. The van der Waals surface area contributed by atoms with Crippen molar-refractivity contribution in [3.05, 3.63) is 89.5 Å². The molecule has 0 aliphatic rings. The van der Waals surface area contributed by atoms with Gasteiger partial charge in [-0.1, -0.05) is 66.4 Å². The maximum absolute atomic E-state index is 12.7. The van der Waals surface area contributed by atoms with Gasteiger partial charge in [0, 0.05) is 5.69 Å². The number of anilines is 1. The zero-order valence-electron chi connectivity index (χ0n) is 18.9. The molecule has 0 bridgehead atoms. The number of rotatable bonds is 8. The second-order valence-electron chi connectivity index (χ2n) is 7.66. The van der Waals surface area contributed by atoms with Gasteiger partial charge in [0.1, 0.15) is 5.75 Å². The lowest BCUT2D eigenvalue weighted by Gasteiger charge is -2.13. The molecule has 168 valence electrons. The highest BCUT2D eigenvalue weighted by atomic mass is 32.2. The van der Waals surface area contributed by atoms with Crippen LogP contribution in [-0.2, 0) is 11.3 Å². The van der Waals surface area contributed by atoms with Gasteiger partial charge in [0.15, 0.2) is 11.0 Å². The van der Waals surface area contributed by atoms with Gasteiger partial charge in [0.25, 0.3) is 0 Å². The number of nitrogens with zero attached hydrogens (tertiary/aromatic N) is 3. The van der Waals surface area contributed by atoms with E-state index in [2.05, 4.69) is 27.6 Å². The van der Waals surface area contributed by atoms with Crippen LogP contribution in [0.5, 0.6) is 5.75 Å². The number of aryl methyl sites for hydroxylation is 1. The minimum Gasteiger partial charge on any atom is -0.496 e. The first-order valence-corrected chi connectivity index (χ1v) is 11.6. The van der Waals surface area contributed by atoms with Crippen LogP contribution in [-0.4, -0.2) is 33.5 Å². The van der Waals surface area contributed by atoms with E-state index in [0.717, 1.165) is 33.7 Å². The standard InChI is InChI=1S/C26H26N4O2S/c1-18-10-9-14-22(19(18)2)27-24(31)17-33-26-29-28-25(21-13-7-8-15-23(21)32-3)30(26)16-20-11-5-4-6-12-20/h4-15H,16-17H2,1-3H3,(H,27,31). The van der Waals surface area contributed by atoms with Crippen LogP contribution in [0.3, 0.4) is 0 Å².